The van der Waals surface area contributed by atoms with E-state index in [1.165, 1.54) is 33.0 Å². The van der Waals surface area contributed by atoms with Crippen LogP contribution in [0.3, 0.4) is 0 Å². The van der Waals surface area contributed by atoms with Gasteiger partial charge in [-0.1, -0.05) is 24.3 Å². The van der Waals surface area contributed by atoms with Gasteiger partial charge in [-0.25, -0.2) is 4.39 Å². The maximum absolute atomic E-state index is 13.4. The predicted molar refractivity (Wildman–Crippen MR) is 117 cm³/mol. The first kappa shape index (κ1) is 24.8. The summed E-state index contributed by atoms with van der Waals surface area (Å²) in [5.74, 6) is -0.439. The smallest absolute Gasteiger partial charge is 0.309 e. The molecule has 0 aliphatic rings. The first-order valence-electron chi connectivity index (χ1n) is 10.1. The molecule has 0 radical (unpaired) electrons. The van der Waals surface area contributed by atoms with E-state index in [0.717, 1.165) is 11.1 Å². The number of ether oxygens (including phenoxy) is 3. The van der Waals surface area contributed by atoms with E-state index in [2.05, 4.69) is 0 Å². The molecule has 172 valence electrons. The second-order valence-electron chi connectivity index (χ2n) is 7.19. The summed E-state index contributed by atoms with van der Waals surface area (Å²) in [6, 6.07) is 10.5. The normalized spacial score (nSPS) is 10.4. The average Bonchev–Trinajstić information content (AvgIpc) is 2.77. The van der Waals surface area contributed by atoms with Gasteiger partial charge in [-0.05, 0) is 34.4 Å². The number of benzene rings is 2. The Bertz CT molecular complexity index is 975. The first-order valence-corrected chi connectivity index (χ1v) is 10.1. The molecule has 32 heavy (non-hydrogen) atoms. The molecule has 0 saturated carbocycles. The molecule has 0 aliphatic carbocycles. The lowest BCUT2D eigenvalue weighted by Gasteiger charge is -2.23. The molecule has 0 saturated heterocycles. The largest absolute Gasteiger partial charge is 0.496 e. The van der Waals surface area contributed by atoms with Crippen molar-refractivity contribution in [1.29, 1.82) is 0 Å². The van der Waals surface area contributed by atoms with E-state index < -0.39 is 12.6 Å². The van der Waals surface area contributed by atoms with Crippen molar-refractivity contribution in [1.82, 2.24) is 4.90 Å². The maximum atomic E-state index is 13.4. The van der Waals surface area contributed by atoms with Crippen LogP contribution in [0.5, 0.6) is 5.75 Å². The summed E-state index contributed by atoms with van der Waals surface area (Å²) < 4.78 is 28.6. The Hall–Kier alpha value is -3.42. The molecule has 0 heterocycles. The van der Waals surface area contributed by atoms with Crippen molar-refractivity contribution in [2.45, 2.75) is 33.5 Å². The average molecular weight is 445 g/mol. The zero-order chi connectivity index (χ0) is 23.7. The maximum Gasteiger partial charge on any atom is 0.309 e. The molecular formula is C24H28FNO6. The summed E-state index contributed by atoms with van der Waals surface area (Å²) in [5, 5.41) is 0. The number of carbonyl (C=O) groups is 3. The highest BCUT2D eigenvalue weighted by Crippen LogP contribution is 2.35. The third-order valence-corrected chi connectivity index (χ3v) is 4.93. The lowest BCUT2D eigenvalue weighted by Crippen LogP contribution is -2.32. The Balaban J connectivity index is 2.48. The van der Waals surface area contributed by atoms with Crippen molar-refractivity contribution >= 4 is 17.8 Å². The summed E-state index contributed by atoms with van der Waals surface area (Å²) >= 11 is 0. The van der Waals surface area contributed by atoms with Gasteiger partial charge in [-0.2, -0.15) is 0 Å². The van der Waals surface area contributed by atoms with E-state index in [-0.39, 0.29) is 38.0 Å². The number of methoxy groups -OCH3 is 2. The molecule has 0 N–H and O–H groups in total. The summed E-state index contributed by atoms with van der Waals surface area (Å²) in [6.45, 7) is 2.52. The van der Waals surface area contributed by atoms with Gasteiger partial charge in [0.2, 0.25) is 5.91 Å². The van der Waals surface area contributed by atoms with Gasteiger partial charge in [0.1, 0.15) is 19.0 Å². The van der Waals surface area contributed by atoms with Crippen LogP contribution in [0, 0.1) is 0 Å². The molecule has 1 amide bonds. The van der Waals surface area contributed by atoms with Crippen LogP contribution in [0.4, 0.5) is 4.39 Å². The number of hydrogen-bond donors (Lipinski definition) is 0. The van der Waals surface area contributed by atoms with Crippen molar-refractivity contribution in [3.05, 3.63) is 53.1 Å². The topological polar surface area (TPSA) is 82.1 Å². The second-order valence-corrected chi connectivity index (χ2v) is 7.19. The van der Waals surface area contributed by atoms with Crippen LogP contribution < -0.4 is 4.74 Å². The van der Waals surface area contributed by atoms with Gasteiger partial charge < -0.3 is 19.1 Å². The third-order valence-electron chi connectivity index (χ3n) is 4.93. The Labute approximate surface area is 187 Å². The zero-order valence-corrected chi connectivity index (χ0v) is 18.8. The lowest BCUT2D eigenvalue weighted by atomic mass is 9.94. The van der Waals surface area contributed by atoms with E-state index >= 15 is 0 Å². The number of rotatable bonds is 10. The highest BCUT2D eigenvalue weighted by Gasteiger charge is 2.17. The van der Waals surface area contributed by atoms with Crippen molar-refractivity contribution in [2.75, 3.05) is 27.4 Å². The van der Waals surface area contributed by atoms with E-state index in [1.807, 2.05) is 6.07 Å². The minimum absolute atomic E-state index is 0.0605. The fraction of sp³-hybridized carbons (Fsp3) is 0.375. The van der Waals surface area contributed by atoms with E-state index in [0.29, 0.717) is 22.4 Å². The van der Waals surface area contributed by atoms with E-state index in [1.54, 1.807) is 30.3 Å². The monoisotopic (exact) mass is 445 g/mol. The molecule has 0 aliphatic heterocycles. The van der Waals surface area contributed by atoms with Gasteiger partial charge in [-0.15, -0.1) is 0 Å². The fourth-order valence-corrected chi connectivity index (χ4v) is 3.29. The number of carbonyl (C=O) groups excluding carboxylic acids is 3. The van der Waals surface area contributed by atoms with Crippen molar-refractivity contribution in [3.8, 4) is 16.9 Å². The third kappa shape index (κ3) is 6.80. The predicted octanol–water partition coefficient (Wildman–Crippen LogP) is 3.46. The fourth-order valence-electron chi connectivity index (χ4n) is 3.29. The Morgan fingerprint density at radius 2 is 1.69 bits per heavy atom. The highest BCUT2D eigenvalue weighted by molar-refractivity contribution is 5.78. The molecule has 0 fully saturated rings. The number of amides is 1. The minimum Gasteiger partial charge on any atom is -0.496 e. The summed E-state index contributed by atoms with van der Waals surface area (Å²) in [5.41, 5.74) is 3.34. The summed E-state index contributed by atoms with van der Waals surface area (Å²) in [6.07, 6.45) is 0.0906. The quantitative estimate of drug-likeness (QED) is 0.521. The molecule has 0 aromatic heterocycles. The molecule has 0 spiro atoms. The van der Waals surface area contributed by atoms with Crippen LogP contribution in [0.25, 0.3) is 11.1 Å². The van der Waals surface area contributed by atoms with Crippen LogP contribution in [0.2, 0.25) is 0 Å². The highest BCUT2D eigenvalue weighted by atomic mass is 19.1. The number of halogens is 1. The zero-order valence-electron chi connectivity index (χ0n) is 18.8. The van der Waals surface area contributed by atoms with Gasteiger partial charge in [0.15, 0.2) is 0 Å². The molecule has 0 unspecified atom stereocenters. The molecule has 2 aromatic carbocycles. The van der Waals surface area contributed by atoms with Crippen LogP contribution in [-0.2, 0) is 43.5 Å². The molecule has 8 heteroatoms. The van der Waals surface area contributed by atoms with Gasteiger partial charge in [0, 0.05) is 26.0 Å². The number of esters is 2. The second kappa shape index (κ2) is 11.8. The van der Waals surface area contributed by atoms with Gasteiger partial charge >= 0.3 is 11.9 Å². The van der Waals surface area contributed by atoms with E-state index in [9.17, 15) is 18.8 Å². The summed E-state index contributed by atoms with van der Waals surface area (Å²) in [7, 11) is 2.86. The molecule has 2 rings (SSSR count). The number of alkyl halides is 1. The van der Waals surface area contributed by atoms with Crippen molar-refractivity contribution in [3.63, 3.8) is 0 Å². The Morgan fingerprint density at radius 3 is 2.28 bits per heavy atom. The number of hydrogen-bond acceptors (Lipinski definition) is 6. The van der Waals surface area contributed by atoms with Gasteiger partial charge in [0.25, 0.3) is 0 Å². The summed E-state index contributed by atoms with van der Waals surface area (Å²) in [4.78, 5) is 36.5. The lowest BCUT2D eigenvalue weighted by molar-refractivity contribution is -0.143. The van der Waals surface area contributed by atoms with Gasteiger partial charge in [-0.3, -0.25) is 14.4 Å². The van der Waals surface area contributed by atoms with Gasteiger partial charge in [0.05, 0.1) is 27.2 Å². The van der Waals surface area contributed by atoms with Crippen LogP contribution in [0.15, 0.2) is 36.4 Å². The molecular weight excluding hydrogens is 417 g/mol. The molecule has 2 aromatic rings. The molecule has 7 nitrogen and oxygen atoms in total. The molecule has 0 atom stereocenters. The number of nitrogens with zero attached hydrogens (tertiary/aromatic N) is 1. The van der Waals surface area contributed by atoms with Crippen molar-refractivity contribution < 1.29 is 33.0 Å². The van der Waals surface area contributed by atoms with Crippen LogP contribution in [-0.4, -0.2) is 50.1 Å². The standard InChI is InChI=1S/C24H28FNO6/c1-16(27)26(9-10-32-17(2)28)15-20-11-19(14-25)5-7-21(20)22-12-18(13-24(29)31-4)6-8-23(22)30-3/h5-8,11-12H,9-10,13-15H2,1-4H3. The van der Waals surface area contributed by atoms with Crippen molar-refractivity contribution in [2.24, 2.45) is 0 Å². The minimum atomic E-state index is -0.652. The first-order chi connectivity index (χ1) is 15.3. The van der Waals surface area contributed by atoms with Crippen LogP contribution >= 0.6 is 0 Å². The Kier molecular flexibility index (Phi) is 9.19. The Morgan fingerprint density at radius 1 is 0.969 bits per heavy atom. The SMILES string of the molecule is COC(=O)Cc1ccc(OC)c(-c2ccc(CF)cc2CN(CCOC(C)=O)C(C)=O)c1. The molecule has 0 bridgehead atoms. The van der Waals surface area contributed by atoms with E-state index in [4.69, 9.17) is 14.2 Å². The van der Waals surface area contributed by atoms with Crippen LogP contribution in [0.1, 0.15) is 30.5 Å².